The second kappa shape index (κ2) is 5.73. The third-order valence-corrected chi connectivity index (χ3v) is 2.97. The van der Waals surface area contributed by atoms with Gasteiger partial charge < -0.3 is 5.73 Å². The van der Waals surface area contributed by atoms with Gasteiger partial charge in [-0.15, -0.1) is 0 Å². The molecule has 90 valence electrons. The number of hydrogen-bond donors (Lipinski definition) is 1. The summed E-state index contributed by atoms with van der Waals surface area (Å²) in [6.45, 7) is 2.20. The van der Waals surface area contributed by atoms with Crippen LogP contribution in [0.25, 0.3) is 11.0 Å². The van der Waals surface area contributed by atoms with E-state index in [9.17, 15) is 0 Å². The molecule has 0 fully saturated rings. The van der Waals surface area contributed by atoms with E-state index in [-0.39, 0.29) is 6.04 Å². The van der Waals surface area contributed by atoms with Crippen molar-refractivity contribution in [2.75, 3.05) is 0 Å². The van der Waals surface area contributed by atoms with Crippen molar-refractivity contribution in [3.05, 3.63) is 36.2 Å². The Morgan fingerprint density at radius 1 is 1.18 bits per heavy atom. The molecule has 2 N–H and O–H groups in total. The zero-order valence-corrected chi connectivity index (χ0v) is 10.3. The number of aromatic nitrogens is 2. The number of benzene rings is 1. The van der Waals surface area contributed by atoms with Gasteiger partial charge in [0.05, 0.1) is 22.9 Å². The number of para-hydroxylation sites is 2. The fraction of sp³-hybridized carbons (Fsp3) is 0.429. The van der Waals surface area contributed by atoms with Crippen molar-refractivity contribution < 1.29 is 0 Å². The molecular formula is C14H19N3. The summed E-state index contributed by atoms with van der Waals surface area (Å²) in [4.78, 5) is 8.95. The summed E-state index contributed by atoms with van der Waals surface area (Å²) in [5.74, 6) is 0. The van der Waals surface area contributed by atoms with Crippen molar-refractivity contribution in [1.29, 1.82) is 0 Å². The Morgan fingerprint density at radius 3 is 2.71 bits per heavy atom. The fourth-order valence-electron chi connectivity index (χ4n) is 1.91. The Bertz CT molecular complexity index is 482. The minimum atomic E-state index is 0.0126. The molecule has 1 atom stereocenters. The molecule has 2 rings (SSSR count). The molecule has 17 heavy (non-hydrogen) atoms. The maximum absolute atomic E-state index is 6.12. The van der Waals surface area contributed by atoms with Gasteiger partial charge in [-0.05, 0) is 18.6 Å². The molecule has 0 spiro atoms. The lowest BCUT2D eigenvalue weighted by molar-refractivity contribution is 0.571. The van der Waals surface area contributed by atoms with Gasteiger partial charge in [0, 0.05) is 6.04 Å². The van der Waals surface area contributed by atoms with Crippen LogP contribution >= 0.6 is 0 Å². The second-order valence-corrected chi connectivity index (χ2v) is 4.39. The average Bonchev–Trinajstić information content (AvgIpc) is 2.38. The van der Waals surface area contributed by atoms with Gasteiger partial charge in [0.25, 0.3) is 0 Å². The van der Waals surface area contributed by atoms with Crippen LogP contribution in [0.3, 0.4) is 0 Å². The molecule has 2 aromatic rings. The van der Waals surface area contributed by atoms with E-state index in [1.807, 2.05) is 24.3 Å². The normalized spacial score (nSPS) is 12.8. The number of rotatable bonds is 5. The van der Waals surface area contributed by atoms with Gasteiger partial charge in [0.2, 0.25) is 0 Å². The summed E-state index contributed by atoms with van der Waals surface area (Å²) in [5, 5.41) is 0. The molecule has 1 unspecified atom stereocenters. The highest BCUT2D eigenvalue weighted by Gasteiger charge is 2.08. The van der Waals surface area contributed by atoms with Crippen LogP contribution in [-0.4, -0.2) is 9.97 Å². The molecule has 0 saturated heterocycles. The van der Waals surface area contributed by atoms with E-state index in [4.69, 9.17) is 5.73 Å². The van der Waals surface area contributed by atoms with E-state index in [0.717, 1.165) is 29.6 Å². The summed E-state index contributed by atoms with van der Waals surface area (Å²) in [5.41, 5.74) is 8.88. The number of nitrogens with zero attached hydrogens (tertiary/aromatic N) is 2. The molecule has 1 aromatic carbocycles. The van der Waals surface area contributed by atoms with Gasteiger partial charge in [-0.3, -0.25) is 4.98 Å². The molecule has 1 aromatic heterocycles. The second-order valence-electron chi connectivity index (χ2n) is 4.39. The number of unbranched alkanes of at least 4 members (excludes halogenated alkanes) is 2. The highest BCUT2D eigenvalue weighted by molar-refractivity contribution is 5.73. The van der Waals surface area contributed by atoms with Gasteiger partial charge in [-0.25, -0.2) is 4.98 Å². The minimum Gasteiger partial charge on any atom is -0.323 e. The third kappa shape index (κ3) is 3.01. The van der Waals surface area contributed by atoms with Crippen LogP contribution in [0.1, 0.15) is 44.3 Å². The Hall–Kier alpha value is -1.48. The quantitative estimate of drug-likeness (QED) is 0.801. The lowest BCUT2D eigenvalue weighted by Gasteiger charge is -2.10. The van der Waals surface area contributed by atoms with Crippen LogP contribution in [-0.2, 0) is 0 Å². The molecule has 0 aliphatic heterocycles. The lowest BCUT2D eigenvalue weighted by atomic mass is 10.1. The molecule has 0 aliphatic carbocycles. The van der Waals surface area contributed by atoms with E-state index in [1.54, 1.807) is 6.20 Å². The monoisotopic (exact) mass is 229 g/mol. The van der Waals surface area contributed by atoms with E-state index in [0.29, 0.717) is 0 Å². The highest BCUT2D eigenvalue weighted by Crippen LogP contribution is 2.17. The van der Waals surface area contributed by atoms with Crippen molar-refractivity contribution in [1.82, 2.24) is 9.97 Å². The number of nitrogens with two attached hydrogens (primary N) is 1. The van der Waals surface area contributed by atoms with Gasteiger partial charge >= 0.3 is 0 Å². The first-order valence-corrected chi connectivity index (χ1v) is 6.28. The van der Waals surface area contributed by atoms with Crippen LogP contribution in [0.5, 0.6) is 0 Å². The Morgan fingerprint density at radius 2 is 1.94 bits per heavy atom. The Labute approximate surface area is 102 Å². The summed E-state index contributed by atoms with van der Waals surface area (Å²) < 4.78 is 0. The number of hydrogen-bond acceptors (Lipinski definition) is 3. The molecule has 0 radical (unpaired) electrons. The average molecular weight is 229 g/mol. The van der Waals surface area contributed by atoms with Crippen molar-refractivity contribution in [3.63, 3.8) is 0 Å². The van der Waals surface area contributed by atoms with Crippen molar-refractivity contribution >= 4 is 11.0 Å². The summed E-state index contributed by atoms with van der Waals surface area (Å²) in [6, 6.07) is 7.90. The highest BCUT2D eigenvalue weighted by atomic mass is 14.8. The van der Waals surface area contributed by atoms with Crippen LogP contribution in [0.4, 0.5) is 0 Å². The predicted octanol–water partition coefficient (Wildman–Crippen LogP) is 3.21. The molecular weight excluding hydrogens is 210 g/mol. The summed E-state index contributed by atoms with van der Waals surface area (Å²) in [7, 11) is 0. The molecule has 3 heteroatoms. The predicted molar refractivity (Wildman–Crippen MR) is 70.6 cm³/mol. The summed E-state index contributed by atoms with van der Waals surface area (Å²) in [6.07, 6.45) is 6.40. The maximum atomic E-state index is 6.12. The molecule has 0 bridgehead atoms. The van der Waals surface area contributed by atoms with E-state index in [2.05, 4.69) is 16.9 Å². The van der Waals surface area contributed by atoms with Gasteiger partial charge in [-0.1, -0.05) is 38.3 Å². The van der Waals surface area contributed by atoms with E-state index in [1.165, 1.54) is 12.8 Å². The van der Waals surface area contributed by atoms with Crippen LogP contribution in [0, 0.1) is 0 Å². The lowest BCUT2D eigenvalue weighted by Crippen LogP contribution is -2.12. The largest absolute Gasteiger partial charge is 0.323 e. The standard InChI is InChI=1S/C14H19N3/c1-2-3-4-7-11(15)14-10-16-12-8-5-6-9-13(12)17-14/h5-6,8-11H,2-4,7,15H2,1H3. The smallest absolute Gasteiger partial charge is 0.0890 e. The first kappa shape index (κ1) is 12.0. The Kier molecular flexibility index (Phi) is 4.04. The molecule has 1 heterocycles. The van der Waals surface area contributed by atoms with Crippen LogP contribution in [0.2, 0.25) is 0 Å². The SMILES string of the molecule is CCCCCC(N)c1cnc2ccccc2n1. The van der Waals surface area contributed by atoms with Crippen LogP contribution < -0.4 is 5.73 Å². The van der Waals surface area contributed by atoms with E-state index < -0.39 is 0 Å². The number of fused-ring (bicyclic) bond motifs is 1. The molecule has 0 aliphatic rings. The molecule has 3 nitrogen and oxygen atoms in total. The van der Waals surface area contributed by atoms with Crippen molar-refractivity contribution in [2.45, 2.75) is 38.6 Å². The fourth-order valence-corrected chi connectivity index (χ4v) is 1.91. The van der Waals surface area contributed by atoms with Gasteiger partial charge in [0.15, 0.2) is 0 Å². The third-order valence-electron chi connectivity index (χ3n) is 2.97. The molecule has 0 saturated carbocycles. The van der Waals surface area contributed by atoms with Crippen LogP contribution in [0.15, 0.2) is 30.5 Å². The maximum Gasteiger partial charge on any atom is 0.0890 e. The van der Waals surface area contributed by atoms with E-state index >= 15 is 0 Å². The Balaban J connectivity index is 2.12. The van der Waals surface area contributed by atoms with Crippen molar-refractivity contribution in [3.8, 4) is 0 Å². The van der Waals surface area contributed by atoms with Crippen molar-refractivity contribution in [2.24, 2.45) is 5.73 Å². The zero-order chi connectivity index (χ0) is 12.1. The van der Waals surface area contributed by atoms with Gasteiger partial charge in [0.1, 0.15) is 0 Å². The van der Waals surface area contributed by atoms with Gasteiger partial charge in [-0.2, -0.15) is 0 Å². The first-order valence-electron chi connectivity index (χ1n) is 6.28. The topological polar surface area (TPSA) is 51.8 Å². The zero-order valence-electron chi connectivity index (χ0n) is 10.3. The molecule has 0 amide bonds. The summed E-state index contributed by atoms with van der Waals surface area (Å²) >= 11 is 0. The first-order chi connectivity index (χ1) is 8.31. The minimum absolute atomic E-state index is 0.0126.